The number of para-hydroxylation sites is 1. The molecule has 5 nitrogen and oxygen atoms in total. The molecule has 21 heavy (non-hydrogen) atoms. The number of nitrogens with one attached hydrogen (secondary N) is 1. The Morgan fingerprint density at radius 2 is 1.90 bits per heavy atom. The topological polar surface area (TPSA) is 77.2 Å². The van der Waals surface area contributed by atoms with Gasteiger partial charge in [0.15, 0.2) is 0 Å². The van der Waals surface area contributed by atoms with Gasteiger partial charge in [0.1, 0.15) is 11.8 Å². The van der Waals surface area contributed by atoms with E-state index in [0.717, 1.165) is 22.6 Å². The van der Waals surface area contributed by atoms with Gasteiger partial charge in [-0.2, -0.15) is 0 Å². The number of pyridine rings is 1. The first-order valence-electron chi connectivity index (χ1n) is 6.73. The Morgan fingerprint density at radius 1 is 1.24 bits per heavy atom. The van der Waals surface area contributed by atoms with Gasteiger partial charge in [-0.15, -0.1) is 0 Å². The van der Waals surface area contributed by atoms with Crippen LogP contribution in [0.2, 0.25) is 0 Å². The summed E-state index contributed by atoms with van der Waals surface area (Å²) in [6.07, 6.45) is 1.61. The van der Waals surface area contributed by atoms with Crippen LogP contribution in [0, 0.1) is 13.8 Å². The van der Waals surface area contributed by atoms with E-state index in [0.29, 0.717) is 5.88 Å². The van der Waals surface area contributed by atoms with Crippen LogP contribution in [0.5, 0.6) is 11.6 Å². The molecule has 1 aromatic carbocycles. The van der Waals surface area contributed by atoms with Crippen LogP contribution in [0.25, 0.3) is 0 Å². The quantitative estimate of drug-likeness (QED) is 0.885. The van der Waals surface area contributed by atoms with Gasteiger partial charge in [0, 0.05) is 6.07 Å². The summed E-state index contributed by atoms with van der Waals surface area (Å²) in [6, 6.07) is 9.08. The van der Waals surface area contributed by atoms with Crippen molar-refractivity contribution in [3.63, 3.8) is 0 Å². The van der Waals surface area contributed by atoms with Crippen molar-refractivity contribution in [3.8, 4) is 11.6 Å². The van der Waals surface area contributed by atoms with Gasteiger partial charge in [-0.1, -0.05) is 18.2 Å². The van der Waals surface area contributed by atoms with E-state index in [-0.39, 0.29) is 0 Å². The van der Waals surface area contributed by atoms with E-state index in [1.54, 1.807) is 25.3 Å². The van der Waals surface area contributed by atoms with Gasteiger partial charge in [-0.3, -0.25) is 4.79 Å². The smallest absolute Gasteiger partial charge is 0.239 e. The normalized spacial score (nSPS) is 11.8. The van der Waals surface area contributed by atoms with Crippen LogP contribution in [0.15, 0.2) is 36.5 Å². The Bertz CT molecular complexity index is 618. The van der Waals surface area contributed by atoms with Gasteiger partial charge in [0.05, 0.1) is 11.9 Å². The van der Waals surface area contributed by atoms with Gasteiger partial charge in [0.2, 0.25) is 11.8 Å². The molecule has 0 aliphatic rings. The van der Waals surface area contributed by atoms with E-state index in [1.165, 1.54) is 0 Å². The molecule has 1 amide bonds. The summed E-state index contributed by atoms with van der Waals surface area (Å²) >= 11 is 0. The number of aromatic nitrogens is 1. The fourth-order valence-electron chi connectivity index (χ4n) is 1.91. The van der Waals surface area contributed by atoms with Crippen molar-refractivity contribution >= 4 is 11.6 Å². The third-order valence-corrected chi connectivity index (χ3v) is 3.16. The minimum absolute atomic E-state index is 0.411. The van der Waals surface area contributed by atoms with Gasteiger partial charge >= 0.3 is 0 Å². The number of amides is 1. The van der Waals surface area contributed by atoms with Crippen LogP contribution in [0.1, 0.15) is 18.1 Å². The third kappa shape index (κ3) is 3.72. The monoisotopic (exact) mass is 285 g/mol. The first-order chi connectivity index (χ1) is 9.97. The summed E-state index contributed by atoms with van der Waals surface area (Å²) in [5.74, 6) is 0.909. The highest BCUT2D eigenvalue weighted by Gasteiger charge is 2.09. The lowest BCUT2D eigenvalue weighted by Gasteiger charge is -2.13. The molecular weight excluding hydrogens is 266 g/mol. The van der Waals surface area contributed by atoms with Gasteiger partial charge < -0.3 is 15.8 Å². The molecule has 2 aromatic rings. The molecule has 0 aliphatic carbocycles. The molecule has 1 aromatic heterocycles. The molecular formula is C16H19N3O2. The second-order valence-corrected chi connectivity index (χ2v) is 4.98. The number of rotatable bonds is 5. The summed E-state index contributed by atoms with van der Waals surface area (Å²) in [6.45, 7) is 5.68. The van der Waals surface area contributed by atoms with E-state index in [4.69, 9.17) is 10.5 Å². The zero-order chi connectivity index (χ0) is 15.4. The molecule has 0 unspecified atom stereocenters. The minimum Gasteiger partial charge on any atom is -0.438 e. The first-order valence-corrected chi connectivity index (χ1v) is 6.73. The number of carbonyl (C=O) groups excluding carboxylic acids is 1. The van der Waals surface area contributed by atoms with E-state index in [1.807, 2.05) is 32.0 Å². The molecule has 0 fully saturated rings. The molecule has 3 N–H and O–H groups in total. The lowest BCUT2D eigenvalue weighted by molar-refractivity contribution is -0.118. The highest BCUT2D eigenvalue weighted by atomic mass is 16.5. The molecule has 2 rings (SSSR count). The van der Waals surface area contributed by atoms with E-state index in [9.17, 15) is 4.79 Å². The molecule has 0 saturated heterocycles. The maximum Gasteiger partial charge on any atom is 0.239 e. The predicted octanol–water partition coefficient (Wildman–Crippen LogP) is 2.78. The fourth-order valence-corrected chi connectivity index (χ4v) is 1.91. The molecule has 0 spiro atoms. The number of aryl methyl sites for hydroxylation is 2. The largest absolute Gasteiger partial charge is 0.438 e. The highest BCUT2D eigenvalue weighted by molar-refractivity contribution is 5.82. The Kier molecular flexibility index (Phi) is 4.42. The van der Waals surface area contributed by atoms with Crippen molar-refractivity contribution in [1.82, 2.24) is 4.98 Å². The number of nitrogens with two attached hydrogens (primary N) is 1. The summed E-state index contributed by atoms with van der Waals surface area (Å²) in [7, 11) is 0. The molecule has 1 atom stereocenters. The van der Waals surface area contributed by atoms with Crippen LogP contribution >= 0.6 is 0 Å². The molecule has 5 heteroatoms. The van der Waals surface area contributed by atoms with Crippen LogP contribution in [0.4, 0.5) is 5.69 Å². The third-order valence-electron chi connectivity index (χ3n) is 3.16. The first kappa shape index (κ1) is 14.8. The Hall–Kier alpha value is -2.56. The average molecular weight is 285 g/mol. The zero-order valence-electron chi connectivity index (χ0n) is 12.4. The molecule has 1 heterocycles. The van der Waals surface area contributed by atoms with Crippen LogP contribution < -0.4 is 15.8 Å². The predicted molar refractivity (Wildman–Crippen MR) is 82.5 cm³/mol. The number of benzene rings is 1. The van der Waals surface area contributed by atoms with Crippen molar-refractivity contribution in [2.75, 3.05) is 5.32 Å². The van der Waals surface area contributed by atoms with Gasteiger partial charge in [-0.25, -0.2) is 4.98 Å². The summed E-state index contributed by atoms with van der Waals surface area (Å²) in [4.78, 5) is 15.2. The number of ether oxygens (including phenoxy) is 1. The summed E-state index contributed by atoms with van der Waals surface area (Å²) in [5, 5.41) is 2.96. The van der Waals surface area contributed by atoms with E-state index in [2.05, 4.69) is 10.3 Å². The van der Waals surface area contributed by atoms with Crippen LogP contribution in [0.3, 0.4) is 0 Å². The molecule has 0 saturated carbocycles. The SMILES string of the molecule is Cc1cccc(C)c1Oc1ccc(N[C@H](C)C(N)=O)cn1. The second kappa shape index (κ2) is 6.26. The maximum absolute atomic E-state index is 11.0. The van der Waals surface area contributed by atoms with Crippen molar-refractivity contribution in [3.05, 3.63) is 47.7 Å². The molecule has 0 aliphatic heterocycles. The van der Waals surface area contributed by atoms with Crippen molar-refractivity contribution in [2.45, 2.75) is 26.8 Å². The van der Waals surface area contributed by atoms with Crippen molar-refractivity contribution < 1.29 is 9.53 Å². The number of anilines is 1. The Labute approximate surface area is 124 Å². The minimum atomic E-state index is -0.447. The lowest BCUT2D eigenvalue weighted by Crippen LogP contribution is -2.32. The van der Waals surface area contributed by atoms with E-state index < -0.39 is 11.9 Å². The number of hydrogen-bond acceptors (Lipinski definition) is 4. The number of primary amides is 1. The standard InChI is InChI=1S/C16H19N3O2/c1-10-5-4-6-11(2)15(10)21-14-8-7-13(9-18-14)19-12(3)16(17)20/h4-9,12,19H,1-3H3,(H2,17,20)/t12-/m1/s1. The van der Waals surface area contributed by atoms with Crippen molar-refractivity contribution in [2.24, 2.45) is 5.73 Å². The lowest BCUT2D eigenvalue weighted by atomic mass is 10.1. The van der Waals surface area contributed by atoms with E-state index >= 15 is 0 Å². The fraction of sp³-hybridized carbons (Fsp3) is 0.250. The molecule has 0 bridgehead atoms. The molecule has 110 valence electrons. The van der Waals surface area contributed by atoms with Crippen LogP contribution in [-0.2, 0) is 4.79 Å². The Morgan fingerprint density at radius 3 is 2.43 bits per heavy atom. The zero-order valence-corrected chi connectivity index (χ0v) is 12.4. The number of nitrogens with zero attached hydrogens (tertiary/aromatic N) is 1. The molecule has 0 radical (unpaired) electrons. The van der Waals surface area contributed by atoms with Gasteiger partial charge in [0.25, 0.3) is 0 Å². The highest BCUT2D eigenvalue weighted by Crippen LogP contribution is 2.27. The van der Waals surface area contributed by atoms with Crippen molar-refractivity contribution in [1.29, 1.82) is 0 Å². The number of hydrogen-bond donors (Lipinski definition) is 2. The Balaban J connectivity index is 2.11. The second-order valence-electron chi connectivity index (χ2n) is 4.98. The maximum atomic E-state index is 11.0. The number of carbonyl (C=O) groups is 1. The summed E-state index contributed by atoms with van der Waals surface area (Å²) in [5.41, 5.74) is 8.03. The average Bonchev–Trinajstić information content (AvgIpc) is 2.44. The van der Waals surface area contributed by atoms with Gasteiger partial charge in [-0.05, 0) is 38.0 Å². The van der Waals surface area contributed by atoms with Crippen LogP contribution in [-0.4, -0.2) is 16.9 Å². The summed E-state index contributed by atoms with van der Waals surface area (Å²) < 4.78 is 5.82.